The van der Waals surface area contributed by atoms with E-state index in [1.165, 1.54) is 0 Å². The summed E-state index contributed by atoms with van der Waals surface area (Å²) in [5.74, 6) is 0. The molecule has 0 N–H and O–H groups in total. The second-order valence-electron chi connectivity index (χ2n) is 3.28. The lowest BCUT2D eigenvalue weighted by molar-refractivity contribution is 0.326. The zero-order valence-corrected chi connectivity index (χ0v) is 7.66. The Balaban J connectivity index is 2.61. The predicted molar refractivity (Wildman–Crippen MR) is 45.7 cm³/mol. The highest BCUT2D eigenvalue weighted by Crippen LogP contribution is 2.09. The number of hydrogen-bond acceptors (Lipinski definition) is 2. The van der Waals surface area contributed by atoms with Crippen LogP contribution in [-0.4, -0.2) is 36.7 Å². The summed E-state index contributed by atoms with van der Waals surface area (Å²) in [7, 11) is 2.01. The highest BCUT2D eigenvalue weighted by molar-refractivity contribution is 5.75. The molecule has 3 nitrogen and oxygen atoms in total. The van der Waals surface area contributed by atoms with Crippen LogP contribution >= 0.6 is 0 Å². The van der Waals surface area contributed by atoms with Crippen molar-refractivity contribution in [3.63, 3.8) is 0 Å². The Hall–Kier alpha value is -0.730. The van der Waals surface area contributed by atoms with Gasteiger partial charge >= 0.3 is 0 Å². The van der Waals surface area contributed by atoms with Gasteiger partial charge in [-0.05, 0) is 20.8 Å². The Bertz CT molecular complexity index is 165. The average Bonchev–Trinajstić information content (AvgIpc) is 2.18. The van der Waals surface area contributed by atoms with E-state index in [0.717, 1.165) is 12.6 Å². The SMILES string of the molecule is CC(C)N=C1OCC(C)N1C. The van der Waals surface area contributed by atoms with Gasteiger partial charge in [-0.15, -0.1) is 0 Å². The molecule has 1 aliphatic rings. The molecule has 11 heavy (non-hydrogen) atoms. The van der Waals surface area contributed by atoms with Gasteiger partial charge in [-0.25, -0.2) is 4.99 Å². The summed E-state index contributed by atoms with van der Waals surface area (Å²) >= 11 is 0. The molecule has 1 atom stereocenters. The number of rotatable bonds is 1. The molecular formula is C8H16N2O. The van der Waals surface area contributed by atoms with Gasteiger partial charge in [-0.1, -0.05) is 0 Å². The van der Waals surface area contributed by atoms with E-state index in [0.29, 0.717) is 12.1 Å². The fourth-order valence-corrected chi connectivity index (χ4v) is 0.947. The minimum absolute atomic E-state index is 0.317. The molecule has 1 rings (SSSR count). The Labute approximate surface area is 68.1 Å². The van der Waals surface area contributed by atoms with Crippen molar-refractivity contribution < 1.29 is 4.74 Å². The van der Waals surface area contributed by atoms with Crippen LogP contribution in [0.5, 0.6) is 0 Å². The molecule has 0 radical (unpaired) electrons. The summed E-state index contributed by atoms with van der Waals surface area (Å²) in [5, 5.41) is 0. The van der Waals surface area contributed by atoms with E-state index >= 15 is 0 Å². The maximum Gasteiger partial charge on any atom is 0.287 e. The standard InChI is InChI=1S/C8H16N2O/c1-6(2)9-8-10(4)7(3)5-11-8/h6-7H,5H2,1-4H3. The largest absolute Gasteiger partial charge is 0.463 e. The second-order valence-corrected chi connectivity index (χ2v) is 3.28. The zero-order valence-electron chi connectivity index (χ0n) is 7.66. The topological polar surface area (TPSA) is 24.8 Å². The van der Waals surface area contributed by atoms with E-state index in [2.05, 4.69) is 16.8 Å². The van der Waals surface area contributed by atoms with Crippen LogP contribution in [0.2, 0.25) is 0 Å². The van der Waals surface area contributed by atoms with Gasteiger partial charge in [0, 0.05) is 13.1 Å². The summed E-state index contributed by atoms with van der Waals surface area (Å²) < 4.78 is 5.36. The molecule has 1 heterocycles. The van der Waals surface area contributed by atoms with E-state index in [4.69, 9.17) is 4.74 Å². The third-order valence-electron chi connectivity index (χ3n) is 1.79. The van der Waals surface area contributed by atoms with Crippen molar-refractivity contribution in [2.24, 2.45) is 4.99 Å². The summed E-state index contributed by atoms with van der Waals surface area (Å²) in [6.07, 6.45) is 0. The molecule has 0 aromatic carbocycles. The van der Waals surface area contributed by atoms with Gasteiger partial charge in [0.25, 0.3) is 6.02 Å². The van der Waals surface area contributed by atoms with Crippen LogP contribution in [0, 0.1) is 0 Å². The van der Waals surface area contributed by atoms with Crippen LogP contribution in [0.3, 0.4) is 0 Å². The Morgan fingerprint density at radius 3 is 2.64 bits per heavy atom. The summed E-state index contributed by atoms with van der Waals surface area (Å²) in [5.41, 5.74) is 0. The maximum absolute atomic E-state index is 5.36. The van der Waals surface area contributed by atoms with Crippen LogP contribution in [0.1, 0.15) is 20.8 Å². The maximum atomic E-state index is 5.36. The Morgan fingerprint density at radius 1 is 1.64 bits per heavy atom. The first-order chi connectivity index (χ1) is 5.11. The van der Waals surface area contributed by atoms with Crippen LogP contribution in [0.25, 0.3) is 0 Å². The van der Waals surface area contributed by atoms with Gasteiger partial charge in [-0.2, -0.15) is 0 Å². The van der Waals surface area contributed by atoms with Gasteiger partial charge in [0.15, 0.2) is 0 Å². The zero-order chi connectivity index (χ0) is 8.43. The van der Waals surface area contributed by atoms with Gasteiger partial charge in [-0.3, -0.25) is 0 Å². The van der Waals surface area contributed by atoms with E-state index in [-0.39, 0.29) is 0 Å². The molecule has 0 saturated carbocycles. The first-order valence-corrected chi connectivity index (χ1v) is 4.04. The lowest BCUT2D eigenvalue weighted by Gasteiger charge is -2.13. The number of amidine groups is 1. The van der Waals surface area contributed by atoms with Gasteiger partial charge in [0.05, 0.1) is 6.04 Å². The summed E-state index contributed by atoms with van der Waals surface area (Å²) in [6, 6.07) is 1.57. The van der Waals surface area contributed by atoms with Crippen LogP contribution in [0.4, 0.5) is 0 Å². The molecule has 1 aliphatic heterocycles. The van der Waals surface area contributed by atoms with E-state index < -0.39 is 0 Å². The normalized spacial score (nSPS) is 28.3. The lowest BCUT2D eigenvalue weighted by Crippen LogP contribution is -2.27. The number of aliphatic imine (C=N–C) groups is 1. The molecule has 0 aliphatic carbocycles. The monoisotopic (exact) mass is 156 g/mol. The number of nitrogens with zero attached hydrogens (tertiary/aromatic N) is 2. The minimum Gasteiger partial charge on any atom is -0.463 e. The number of hydrogen-bond donors (Lipinski definition) is 0. The predicted octanol–water partition coefficient (Wildman–Crippen LogP) is 1.10. The van der Waals surface area contributed by atoms with Crippen molar-refractivity contribution in [1.82, 2.24) is 4.90 Å². The molecule has 1 unspecified atom stereocenters. The molecule has 1 saturated heterocycles. The highest BCUT2D eigenvalue weighted by atomic mass is 16.5. The third kappa shape index (κ3) is 1.85. The molecule has 1 fully saturated rings. The second kappa shape index (κ2) is 3.11. The van der Waals surface area contributed by atoms with Crippen LogP contribution < -0.4 is 0 Å². The fourth-order valence-electron chi connectivity index (χ4n) is 0.947. The average molecular weight is 156 g/mol. The minimum atomic E-state index is 0.317. The van der Waals surface area contributed by atoms with Crippen LogP contribution in [0.15, 0.2) is 4.99 Å². The Kier molecular flexibility index (Phi) is 2.37. The first-order valence-electron chi connectivity index (χ1n) is 4.04. The van der Waals surface area contributed by atoms with Gasteiger partial charge in [0.2, 0.25) is 0 Å². The quantitative estimate of drug-likeness (QED) is 0.568. The molecule has 0 amide bonds. The summed E-state index contributed by atoms with van der Waals surface area (Å²) in [6.45, 7) is 6.99. The summed E-state index contributed by atoms with van der Waals surface area (Å²) in [4.78, 5) is 6.40. The molecule has 3 heteroatoms. The Morgan fingerprint density at radius 2 is 2.27 bits per heavy atom. The number of likely N-dealkylation sites (N-methyl/N-ethyl adjacent to an activating group) is 1. The lowest BCUT2D eigenvalue weighted by atomic mass is 10.4. The van der Waals surface area contributed by atoms with Crippen molar-refractivity contribution in [1.29, 1.82) is 0 Å². The molecule has 0 aromatic heterocycles. The first kappa shape index (κ1) is 8.37. The molecule has 64 valence electrons. The highest BCUT2D eigenvalue weighted by Gasteiger charge is 2.23. The van der Waals surface area contributed by atoms with Gasteiger partial charge < -0.3 is 9.64 Å². The molecular weight excluding hydrogens is 140 g/mol. The fraction of sp³-hybridized carbons (Fsp3) is 0.875. The van der Waals surface area contributed by atoms with Crippen molar-refractivity contribution in [3.8, 4) is 0 Å². The van der Waals surface area contributed by atoms with Crippen molar-refractivity contribution >= 4 is 6.02 Å². The van der Waals surface area contributed by atoms with Crippen molar-refractivity contribution in [2.45, 2.75) is 32.9 Å². The smallest absolute Gasteiger partial charge is 0.287 e. The van der Waals surface area contributed by atoms with Crippen molar-refractivity contribution in [2.75, 3.05) is 13.7 Å². The van der Waals surface area contributed by atoms with E-state index in [1.807, 2.05) is 20.9 Å². The van der Waals surface area contributed by atoms with E-state index in [1.54, 1.807) is 0 Å². The van der Waals surface area contributed by atoms with E-state index in [9.17, 15) is 0 Å². The molecule has 0 spiro atoms. The number of ether oxygens (including phenoxy) is 1. The van der Waals surface area contributed by atoms with Crippen molar-refractivity contribution in [3.05, 3.63) is 0 Å². The molecule has 0 aromatic rings. The van der Waals surface area contributed by atoms with Gasteiger partial charge in [0.1, 0.15) is 6.61 Å². The third-order valence-corrected chi connectivity index (χ3v) is 1.79. The molecule has 0 bridgehead atoms. The van der Waals surface area contributed by atoms with Crippen LogP contribution in [-0.2, 0) is 4.74 Å².